The summed E-state index contributed by atoms with van der Waals surface area (Å²) in [6.07, 6.45) is 10.2. The molecule has 2 N–H and O–H groups in total. The number of thiophene rings is 1. The molecule has 7 nitrogen and oxygen atoms in total. The van der Waals surface area contributed by atoms with Crippen molar-refractivity contribution >= 4 is 28.2 Å². The van der Waals surface area contributed by atoms with Gasteiger partial charge in [0.1, 0.15) is 16.6 Å². The van der Waals surface area contributed by atoms with Crippen LogP contribution in [0.25, 0.3) is 5.69 Å². The van der Waals surface area contributed by atoms with Crippen molar-refractivity contribution in [3.8, 4) is 5.69 Å². The largest absolute Gasteiger partial charge is 0.348 e. The number of halogens is 1. The first-order valence-electron chi connectivity index (χ1n) is 11.4. The Morgan fingerprint density at radius 3 is 2.74 bits per heavy atom. The van der Waals surface area contributed by atoms with Gasteiger partial charge in [0.05, 0.1) is 16.8 Å². The lowest BCUT2D eigenvalue weighted by Crippen LogP contribution is -2.25. The smallest absolute Gasteiger partial charge is 0.257 e. The molecule has 0 bridgehead atoms. The van der Waals surface area contributed by atoms with E-state index in [9.17, 15) is 14.0 Å². The number of fused-ring (bicyclic) bond motifs is 1. The van der Waals surface area contributed by atoms with E-state index in [1.54, 1.807) is 54.3 Å². The van der Waals surface area contributed by atoms with E-state index in [4.69, 9.17) is 0 Å². The lowest BCUT2D eigenvalue weighted by atomic mass is 9.95. The van der Waals surface area contributed by atoms with E-state index in [1.165, 1.54) is 23.6 Å². The van der Waals surface area contributed by atoms with Crippen molar-refractivity contribution in [2.24, 2.45) is 0 Å². The van der Waals surface area contributed by atoms with Gasteiger partial charge in [-0.15, -0.1) is 11.3 Å². The summed E-state index contributed by atoms with van der Waals surface area (Å²) in [6.45, 7) is 1.97. The molecule has 2 amide bonds. The van der Waals surface area contributed by atoms with Crippen molar-refractivity contribution in [1.82, 2.24) is 19.9 Å². The Morgan fingerprint density at radius 2 is 2.00 bits per heavy atom. The molecule has 178 valence electrons. The van der Waals surface area contributed by atoms with Gasteiger partial charge in [0.2, 0.25) is 0 Å². The molecule has 0 spiro atoms. The zero-order valence-electron chi connectivity index (χ0n) is 19.2. The Morgan fingerprint density at radius 1 is 1.14 bits per heavy atom. The topological polar surface area (TPSA) is 88.9 Å². The van der Waals surface area contributed by atoms with Crippen LogP contribution in [-0.2, 0) is 19.4 Å². The number of nitrogens with one attached hydrogen (secondary N) is 2. The van der Waals surface area contributed by atoms with Crippen LogP contribution in [0.15, 0.2) is 55.1 Å². The van der Waals surface area contributed by atoms with E-state index in [0.717, 1.165) is 36.1 Å². The lowest BCUT2D eigenvalue weighted by Gasteiger charge is -2.14. The highest BCUT2D eigenvalue weighted by molar-refractivity contribution is 7.17. The van der Waals surface area contributed by atoms with Crippen LogP contribution in [0.1, 0.15) is 55.4 Å². The quantitative estimate of drug-likeness (QED) is 0.406. The number of nitrogens with zero attached hydrogens (tertiary/aromatic N) is 3. The molecular formula is C26H24FN5O2S. The summed E-state index contributed by atoms with van der Waals surface area (Å²) in [4.78, 5) is 35.3. The molecule has 0 aliphatic heterocycles. The number of aryl methyl sites for hydroxylation is 2. The highest BCUT2D eigenvalue weighted by atomic mass is 32.1. The molecule has 35 heavy (non-hydrogen) atoms. The average Bonchev–Trinajstić information content (AvgIpc) is 3.46. The minimum Gasteiger partial charge on any atom is -0.348 e. The van der Waals surface area contributed by atoms with Crippen LogP contribution in [0.4, 0.5) is 9.39 Å². The third kappa shape index (κ3) is 4.72. The molecule has 1 aliphatic rings. The molecule has 9 heteroatoms. The highest BCUT2D eigenvalue weighted by Crippen LogP contribution is 2.38. The van der Waals surface area contributed by atoms with E-state index in [2.05, 4.69) is 20.6 Å². The molecule has 1 aromatic carbocycles. The lowest BCUT2D eigenvalue weighted by molar-refractivity contribution is 0.0951. The van der Waals surface area contributed by atoms with Gasteiger partial charge in [-0.1, -0.05) is 6.07 Å². The Kier molecular flexibility index (Phi) is 6.41. The summed E-state index contributed by atoms with van der Waals surface area (Å²) in [5.74, 6) is -0.290. The van der Waals surface area contributed by atoms with E-state index in [1.807, 2.05) is 0 Å². The molecular weight excluding hydrogens is 465 g/mol. The second-order valence-electron chi connectivity index (χ2n) is 8.42. The van der Waals surface area contributed by atoms with E-state index < -0.39 is 5.82 Å². The van der Waals surface area contributed by atoms with Crippen molar-refractivity contribution in [1.29, 1.82) is 0 Å². The fraction of sp³-hybridized carbons (Fsp3) is 0.231. The van der Waals surface area contributed by atoms with Crippen molar-refractivity contribution in [3.05, 3.63) is 93.9 Å². The normalized spacial score (nSPS) is 12.7. The molecule has 4 aromatic rings. The molecule has 3 aromatic heterocycles. The first-order valence-corrected chi connectivity index (χ1v) is 12.3. The van der Waals surface area contributed by atoms with Crippen molar-refractivity contribution in [3.63, 3.8) is 0 Å². The van der Waals surface area contributed by atoms with Crippen molar-refractivity contribution < 1.29 is 14.0 Å². The number of anilines is 1. The van der Waals surface area contributed by atoms with Gasteiger partial charge >= 0.3 is 0 Å². The standard InChI is InChI=1S/C26H24FN5O2S/c1-16-29-11-12-32(16)21-9-8-17(13-20(21)27)14-30-25(34)23-19-6-2-3-7-22(19)35-26(23)31-24(33)18-5-4-10-28-15-18/h4-5,8-13,15H,2-3,6-7,14H2,1H3,(H,30,34)(H,31,33). The molecule has 0 saturated carbocycles. The van der Waals surface area contributed by atoms with Gasteiger partial charge < -0.3 is 15.2 Å². The maximum atomic E-state index is 14.8. The molecule has 0 atom stereocenters. The third-order valence-electron chi connectivity index (χ3n) is 6.10. The number of hydrogen-bond donors (Lipinski definition) is 2. The average molecular weight is 490 g/mol. The number of hydrogen-bond acceptors (Lipinski definition) is 5. The number of amides is 2. The summed E-state index contributed by atoms with van der Waals surface area (Å²) in [7, 11) is 0. The van der Waals surface area contributed by atoms with Crippen LogP contribution in [0.3, 0.4) is 0 Å². The number of benzene rings is 1. The van der Waals surface area contributed by atoms with Gasteiger partial charge in [0.15, 0.2) is 0 Å². The number of carbonyl (C=O) groups is 2. The van der Waals surface area contributed by atoms with Crippen LogP contribution in [0.2, 0.25) is 0 Å². The zero-order valence-corrected chi connectivity index (χ0v) is 20.0. The molecule has 1 aliphatic carbocycles. The number of carbonyl (C=O) groups excluding carboxylic acids is 2. The molecule has 0 radical (unpaired) electrons. The predicted molar refractivity (Wildman–Crippen MR) is 133 cm³/mol. The molecule has 0 unspecified atom stereocenters. The zero-order chi connectivity index (χ0) is 24.4. The van der Waals surface area contributed by atoms with E-state index >= 15 is 0 Å². The summed E-state index contributed by atoms with van der Waals surface area (Å²) in [5, 5.41) is 6.37. The van der Waals surface area contributed by atoms with Gasteiger partial charge in [-0.3, -0.25) is 14.6 Å². The minimum absolute atomic E-state index is 0.166. The summed E-state index contributed by atoms with van der Waals surface area (Å²) < 4.78 is 16.4. The van der Waals surface area contributed by atoms with Crippen LogP contribution in [0, 0.1) is 12.7 Å². The van der Waals surface area contributed by atoms with Crippen molar-refractivity contribution in [2.75, 3.05) is 5.32 Å². The number of pyridine rings is 1. The maximum absolute atomic E-state index is 14.8. The molecule has 0 fully saturated rings. The first kappa shape index (κ1) is 22.9. The summed E-state index contributed by atoms with van der Waals surface area (Å²) >= 11 is 1.46. The fourth-order valence-electron chi connectivity index (χ4n) is 4.33. The Hall–Kier alpha value is -3.85. The second kappa shape index (κ2) is 9.79. The maximum Gasteiger partial charge on any atom is 0.257 e. The van der Waals surface area contributed by atoms with Crippen molar-refractivity contribution in [2.45, 2.75) is 39.2 Å². The van der Waals surface area contributed by atoms with E-state index in [0.29, 0.717) is 33.2 Å². The monoisotopic (exact) mass is 489 g/mol. The summed E-state index contributed by atoms with van der Waals surface area (Å²) in [5.41, 5.74) is 2.98. The van der Waals surface area contributed by atoms with Crippen LogP contribution in [-0.4, -0.2) is 26.3 Å². The van der Waals surface area contributed by atoms with Gasteiger partial charge in [-0.25, -0.2) is 9.37 Å². The Labute approximate surface area is 206 Å². The SMILES string of the molecule is Cc1nccn1-c1ccc(CNC(=O)c2c(NC(=O)c3cccnc3)sc3c2CCCC3)cc1F. The number of aromatic nitrogens is 3. The van der Waals surface area contributed by atoms with Crippen LogP contribution in [0.5, 0.6) is 0 Å². The highest BCUT2D eigenvalue weighted by Gasteiger charge is 2.26. The van der Waals surface area contributed by atoms with Crippen LogP contribution >= 0.6 is 11.3 Å². The van der Waals surface area contributed by atoms with E-state index in [-0.39, 0.29) is 18.4 Å². The van der Waals surface area contributed by atoms with Gasteiger partial charge in [0, 0.05) is 36.2 Å². The van der Waals surface area contributed by atoms with Gasteiger partial charge in [0.25, 0.3) is 11.8 Å². The van der Waals surface area contributed by atoms with Gasteiger partial charge in [-0.05, 0) is 68.0 Å². The minimum atomic E-state index is -0.393. The van der Waals surface area contributed by atoms with Gasteiger partial charge in [-0.2, -0.15) is 0 Å². The first-order chi connectivity index (χ1) is 17.0. The summed E-state index contributed by atoms with van der Waals surface area (Å²) in [6, 6.07) is 8.26. The molecule has 5 rings (SSSR count). The fourth-order valence-corrected chi connectivity index (χ4v) is 5.61. The van der Waals surface area contributed by atoms with Crippen LogP contribution < -0.4 is 10.6 Å². The second-order valence-corrected chi connectivity index (χ2v) is 9.53. The Balaban J connectivity index is 1.35. The molecule has 0 saturated heterocycles. The Bertz CT molecular complexity index is 1400. The third-order valence-corrected chi connectivity index (χ3v) is 7.31. The molecule has 3 heterocycles. The number of rotatable bonds is 6. The predicted octanol–water partition coefficient (Wildman–Crippen LogP) is 4.84. The number of imidazole rings is 1.